The molecule has 3 nitrogen and oxygen atoms in total. The van der Waals surface area contributed by atoms with Gasteiger partial charge in [0.25, 0.3) is 0 Å². The maximum Gasteiger partial charge on any atom is 0.0991 e. The number of benzene rings is 1. The summed E-state index contributed by atoms with van der Waals surface area (Å²) in [6.07, 6.45) is 1.20. The molecule has 0 aromatic heterocycles. The molecule has 17 heavy (non-hydrogen) atoms. The summed E-state index contributed by atoms with van der Waals surface area (Å²) in [5, 5.41) is 8.76. The molecule has 0 unspecified atom stereocenters. The van der Waals surface area contributed by atoms with Gasteiger partial charge in [0.2, 0.25) is 0 Å². The Morgan fingerprint density at radius 2 is 2.18 bits per heavy atom. The Hall–Kier alpha value is -1.37. The molecule has 0 saturated carbocycles. The van der Waals surface area contributed by atoms with Gasteiger partial charge in [-0.15, -0.1) is 0 Å². The van der Waals surface area contributed by atoms with Gasteiger partial charge in [0, 0.05) is 20.2 Å². The fourth-order valence-electron chi connectivity index (χ4n) is 2.36. The highest BCUT2D eigenvalue weighted by molar-refractivity contribution is 5.33. The fraction of sp³-hybridized carbons (Fsp3) is 0.500. The van der Waals surface area contributed by atoms with Crippen LogP contribution in [0.3, 0.4) is 0 Å². The zero-order chi connectivity index (χ0) is 12.1. The molecule has 1 aliphatic heterocycles. The normalized spacial score (nSPS) is 20.4. The molecule has 1 aromatic rings. The van der Waals surface area contributed by atoms with Gasteiger partial charge in [0.05, 0.1) is 18.2 Å². The van der Waals surface area contributed by atoms with Gasteiger partial charge < -0.3 is 9.64 Å². The van der Waals surface area contributed by atoms with E-state index in [0.29, 0.717) is 5.92 Å². The topological polar surface area (TPSA) is 36.3 Å². The van der Waals surface area contributed by atoms with Crippen molar-refractivity contribution in [3.8, 4) is 6.07 Å². The summed E-state index contributed by atoms with van der Waals surface area (Å²) < 4.78 is 5.10. The monoisotopic (exact) mass is 230 g/mol. The third-order valence-electron chi connectivity index (χ3n) is 3.40. The first-order chi connectivity index (χ1) is 8.33. The van der Waals surface area contributed by atoms with Gasteiger partial charge in [0.15, 0.2) is 0 Å². The van der Waals surface area contributed by atoms with Crippen molar-refractivity contribution in [3.05, 3.63) is 35.4 Å². The molecule has 1 saturated heterocycles. The van der Waals surface area contributed by atoms with Gasteiger partial charge in [-0.25, -0.2) is 0 Å². The van der Waals surface area contributed by atoms with E-state index in [1.54, 1.807) is 7.11 Å². The Morgan fingerprint density at radius 3 is 2.82 bits per heavy atom. The molecule has 0 N–H and O–H groups in total. The van der Waals surface area contributed by atoms with E-state index in [1.807, 2.05) is 12.1 Å². The highest BCUT2D eigenvalue weighted by Gasteiger charge is 2.23. The van der Waals surface area contributed by atoms with E-state index in [0.717, 1.165) is 31.8 Å². The predicted octanol–water partition coefficient (Wildman–Crippen LogP) is 1.99. The summed E-state index contributed by atoms with van der Waals surface area (Å²) in [6.45, 7) is 4.08. The van der Waals surface area contributed by atoms with E-state index in [4.69, 9.17) is 10.00 Å². The molecule has 0 bridgehead atoms. The number of hydrogen-bond donors (Lipinski definition) is 0. The maximum absolute atomic E-state index is 8.76. The molecule has 0 spiro atoms. The summed E-state index contributed by atoms with van der Waals surface area (Å²) in [5.74, 6) is 0.611. The third-order valence-corrected chi connectivity index (χ3v) is 3.40. The molecule has 1 atom stereocenters. The number of methoxy groups -OCH3 is 1. The molecule has 1 aromatic carbocycles. The lowest BCUT2D eigenvalue weighted by molar-refractivity contribution is 0.160. The van der Waals surface area contributed by atoms with Crippen LogP contribution in [0.15, 0.2) is 24.3 Å². The van der Waals surface area contributed by atoms with Crippen LogP contribution in [-0.4, -0.2) is 38.3 Å². The Labute approximate surface area is 103 Å². The smallest absolute Gasteiger partial charge is 0.0991 e. The first kappa shape index (κ1) is 12.1. The highest BCUT2D eigenvalue weighted by Crippen LogP contribution is 2.26. The van der Waals surface area contributed by atoms with E-state index in [9.17, 15) is 0 Å². The van der Waals surface area contributed by atoms with Crippen LogP contribution in [0.2, 0.25) is 0 Å². The van der Waals surface area contributed by atoms with Crippen molar-refractivity contribution in [1.29, 1.82) is 5.26 Å². The Morgan fingerprint density at radius 1 is 1.41 bits per heavy atom. The van der Waals surface area contributed by atoms with Crippen LogP contribution in [-0.2, 0) is 4.74 Å². The summed E-state index contributed by atoms with van der Waals surface area (Å²) >= 11 is 0. The van der Waals surface area contributed by atoms with Crippen molar-refractivity contribution < 1.29 is 4.74 Å². The molecule has 2 rings (SSSR count). The van der Waals surface area contributed by atoms with E-state index in [-0.39, 0.29) is 0 Å². The van der Waals surface area contributed by atoms with E-state index in [1.165, 1.54) is 12.0 Å². The van der Waals surface area contributed by atoms with Gasteiger partial charge in [-0.3, -0.25) is 0 Å². The average molecular weight is 230 g/mol. The molecule has 0 radical (unpaired) electrons. The lowest BCUT2D eigenvalue weighted by atomic mass is 9.97. The van der Waals surface area contributed by atoms with Crippen molar-refractivity contribution in [2.24, 2.45) is 0 Å². The molecular formula is C14H18N2O. The molecule has 0 amide bonds. The van der Waals surface area contributed by atoms with Crippen LogP contribution >= 0.6 is 0 Å². The lowest BCUT2D eigenvalue weighted by Gasteiger charge is -2.15. The van der Waals surface area contributed by atoms with E-state index < -0.39 is 0 Å². The molecule has 1 fully saturated rings. The van der Waals surface area contributed by atoms with Crippen LogP contribution in [0.1, 0.15) is 23.5 Å². The number of ether oxygens (including phenoxy) is 1. The zero-order valence-corrected chi connectivity index (χ0v) is 10.2. The minimum Gasteiger partial charge on any atom is -0.383 e. The first-order valence-electron chi connectivity index (χ1n) is 6.05. The van der Waals surface area contributed by atoms with Crippen LogP contribution in [0.5, 0.6) is 0 Å². The summed E-state index contributed by atoms with van der Waals surface area (Å²) in [6, 6.07) is 10.1. The molecule has 90 valence electrons. The van der Waals surface area contributed by atoms with Gasteiger partial charge in [-0.2, -0.15) is 5.26 Å². The average Bonchev–Trinajstić information content (AvgIpc) is 2.85. The largest absolute Gasteiger partial charge is 0.383 e. The first-order valence-corrected chi connectivity index (χ1v) is 6.05. The number of rotatable bonds is 4. The van der Waals surface area contributed by atoms with Crippen molar-refractivity contribution in [2.45, 2.75) is 12.3 Å². The van der Waals surface area contributed by atoms with Gasteiger partial charge in [0.1, 0.15) is 0 Å². The Kier molecular flexibility index (Phi) is 4.13. The SMILES string of the molecule is COCCN1CC[C@H](c2ccc(C#N)cc2)C1. The van der Waals surface area contributed by atoms with Crippen molar-refractivity contribution in [2.75, 3.05) is 33.4 Å². The second kappa shape index (κ2) is 5.81. The van der Waals surface area contributed by atoms with Crippen molar-refractivity contribution >= 4 is 0 Å². The second-order valence-corrected chi connectivity index (χ2v) is 4.51. The number of hydrogen-bond acceptors (Lipinski definition) is 3. The van der Waals surface area contributed by atoms with Crippen LogP contribution in [0.25, 0.3) is 0 Å². The molecular weight excluding hydrogens is 212 g/mol. The van der Waals surface area contributed by atoms with E-state index >= 15 is 0 Å². The minimum atomic E-state index is 0.611. The van der Waals surface area contributed by atoms with E-state index in [2.05, 4.69) is 23.1 Å². The number of nitrogens with zero attached hydrogens (tertiary/aromatic N) is 2. The number of nitriles is 1. The third kappa shape index (κ3) is 3.06. The summed E-state index contributed by atoms with van der Waals surface area (Å²) in [4.78, 5) is 2.44. The van der Waals surface area contributed by atoms with Gasteiger partial charge in [-0.05, 0) is 36.6 Å². The predicted molar refractivity (Wildman–Crippen MR) is 66.8 cm³/mol. The van der Waals surface area contributed by atoms with Gasteiger partial charge >= 0.3 is 0 Å². The van der Waals surface area contributed by atoms with Crippen LogP contribution < -0.4 is 0 Å². The van der Waals surface area contributed by atoms with Crippen molar-refractivity contribution in [3.63, 3.8) is 0 Å². The summed E-state index contributed by atoms with van der Waals surface area (Å²) in [5.41, 5.74) is 2.09. The molecule has 3 heteroatoms. The summed E-state index contributed by atoms with van der Waals surface area (Å²) in [7, 11) is 1.74. The zero-order valence-electron chi connectivity index (χ0n) is 10.2. The van der Waals surface area contributed by atoms with Gasteiger partial charge in [-0.1, -0.05) is 12.1 Å². The molecule has 0 aliphatic carbocycles. The Balaban J connectivity index is 1.93. The highest BCUT2D eigenvalue weighted by atomic mass is 16.5. The lowest BCUT2D eigenvalue weighted by Crippen LogP contribution is -2.24. The van der Waals surface area contributed by atoms with Crippen molar-refractivity contribution in [1.82, 2.24) is 4.90 Å². The Bertz CT molecular complexity index is 394. The molecule has 1 heterocycles. The number of likely N-dealkylation sites (tertiary alicyclic amines) is 1. The second-order valence-electron chi connectivity index (χ2n) is 4.51. The maximum atomic E-state index is 8.76. The van der Waals surface area contributed by atoms with Crippen LogP contribution in [0, 0.1) is 11.3 Å². The minimum absolute atomic E-state index is 0.611. The fourth-order valence-corrected chi connectivity index (χ4v) is 2.36. The molecule has 1 aliphatic rings. The van der Waals surface area contributed by atoms with Crippen LogP contribution in [0.4, 0.5) is 0 Å². The quantitative estimate of drug-likeness (QED) is 0.793. The standard InChI is InChI=1S/C14H18N2O/c1-17-9-8-16-7-6-14(11-16)13-4-2-12(10-15)3-5-13/h2-5,14H,6-9,11H2,1H3/t14-/m0/s1.